The fraction of sp³-hybridized carbons (Fsp3) is 0.167. The number of aryl methyl sites for hydroxylation is 1. The van der Waals surface area contributed by atoms with Crippen molar-refractivity contribution in [1.82, 2.24) is 0 Å². The third-order valence-corrected chi connectivity index (χ3v) is 3.07. The minimum atomic E-state index is 0.614. The van der Waals surface area contributed by atoms with E-state index in [9.17, 15) is 0 Å². The first-order chi connectivity index (χ1) is 6.70. The molecule has 0 saturated carbocycles. The molecule has 0 bridgehead atoms. The van der Waals surface area contributed by atoms with Gasteiger partial charge < -0.3 is 0 Å². The van der Waals surface area contributed by atoms with Crippen molar-refractivity contribution in [1.29, 1.82) is 0 Å². The summed E-state index contributed by atoms with van der Waals surface area (Å²) in [5.74, 6) is 0. The van der Waals surface area contributed by atoms with Gasteiger partial charge in [0.15, 0.2) is 0 Å². The summed E-state index contributed by atoms with van der Waals surface area (Å²) in [7, 11) is 0. The van der Waals surface area contributed by atoms with E-state index in [1.165, 1.54) is 5.56 Å². The Morgan fingerprint density at radius 1 is 0.929 bits per heavy atom. The van der Waals surface area contributed by atoms with Gasteiger partial charge in [-0.15, -0.1) is 0 Å². The molecule has 2 rings (SSSR count). The lowest BCUT2D eigenvalue weighted by atomic mass is 10.1. The van der Waals surface area contributed by atoms with E-state index in [4.69, 9.17) is 23.2 Å². The Morgan fingerprint density at radius 2 is 1.57 bits per heavy atom. The summed E-state index contributed by atoms with van der Waals surface area (Å²) >= 11 is 11.9. The second-order valence-electron chi connectivity index (χ2n) is 3.30. The minimum absolute atomic E-state index is 0.614. The molecule has 0 N–H and O–H groups in total. The van der Waals surface area contributed by atoms with Crippen LogP contribution in [0.2, 0.25) is 10.0 Å². The lowest BCUT2D eigenvalue weighted by molar-refractivity contribution is 1.15. The Hall–Kier alpha value is -0.720. The molecule has 2 aromatic rings. The minimum Gasteiger partial charge on any atom is -0.0827 e. The summed E-state index contributed by atoms with van der Waals surface area (Å²) in [6, 6.07) is 10.2. The fourth-order valence-corrected chi connectivity index (χ4v) is 1.86. The van der Waals surface area contributed by atoms with Crippen LogP contribution in [0.15, 0.2) is 30.3 Å². The van der Waals surface area contributed by atoms with Crippen LogP contribution in [0.5, 0.6) is 0 Å². The summed E-state index contributed by atoms with van der Waals surface area (Å²) in [5.41, 5.74) is 1.32. The van der Waals surface area contributed by atoms with Gasteiger partial charge in [0.25, 0.3) is 0 Å². The van der Waals surface area contributed by atoms with E-state index in [-0.39, 0.29) is 0 Å². The molecule has 0 aromatic heterocycles. The van der Waals surface area contributed by atoms with E-state index in [0.29, 0.717) is 10.0 Å². The van der Waals surface area contributed by atoms with Crippen molar-refractivity contribution >= 4 is 34.0 Å². The molecule has 0 spiro atoms. The average molecular weight is 225 g/mol. The van der Waals surface area contributed by atoms with Gasteiger partial charge >= 0.3 is 0 Å². The van der Waals surface area contributed by atoms with Crippen molar-refractivity contribution in [2.45, 2.75) is 13.3 Å². The van der Waals surface area contributed by atoms with E-state index in [1.807, 2.05) is 12.1 Å². The van der Waals surface area contributed by atoms with Gasteiger partial charge in [-0.25, -0.2) is 0 Å². The number of hydrogen-bond donors (Lipinski definition) is 0. The highest BCUT2D eigenvalue weighted by atomic mass is 35.5. The molecular formula is C12H10Cl2. The molecule has 0 aliphatic rings. The zero-order chi connectivity index (χ0) is 10.1. The first-order valence-corrected chi connectivity index (χ1v) is 5.34. The zero-order valence-corrected chi connectivity index (χ0v) is 9.36. The van der Waals surface area contributed by atoms with Gasteiger partial charge in [0.2, 0.25) is 0 Å². The van der Waals surface area contributed by atoms with Crippen molar-refractivity contribution < 1.29 is 0 Å². The molecular weight excluding hydrogens is 215 g/mol. The van der Waals surface area contributed by atoms with Crippen LogP contribution >= 0.6 is 23.2 Å². The maximum absolute atomic E-state index is 5.95. The smallest absolute Gasteiger partial charge is 0.0598 e. The molecule has 0 nitrogen and oxygen atoms in total. The first-order valence-electron chi connectivity index (χ1n) is 4.58. The van der Waals surface area contributed by atoms with Crippen LogP contribution in [0.25, 0.3) is 10.8 Å². The molecule has 0 heterocycles. The SMILES string of the molecule is CCc1ccc2cc(Cl)c(Cl)cc2c1. The fourth-order valence-electron chi connectivity index (χ4n) is 1.51. The molecule has 2 heteroatoms. The first kappa shape index (κ1) is 9.82. The summed E-state index contributed by atoms with van der Waals surface area (Å²) in [6.45, 7) is 2.14. The highest BCUT2D eigenvalue weighted by Crippen LogP contribution is 2.28. The Kier molecular flexibility index (Phi) is 2.66. The lowest BCUT2D eigenvalue weighted by Crippen LogP contribution is -1.80. The van der Waals surface area contributed by atoms with Crippen LogP contribution < -0.4 is 0 Å². The Morgan fingerprint density at radius 3 is 2.21 bits per heavy atom. The van der Waals surface area contributed by atoms with Crippen LogP contribution in [-0.2, 0) is 6.42 Å². The van der Waals surface area contributed by atoms with E-state index < -0.39 is 0 Å². The van der Waals surface area contributed by atoms with Crippen LogP contribution in [-0.4, -0.2) is 0 Å². The number of fused-ring (bicyclic) bond motifs is 1. The third kappa shape index (κ3) is 1.73. The highest BCUT2D eigenvalue weighted by Gasteiger charge is 2.01. The monoisotopic (exact) mass is 224 g/mol. The predicted molar refractivity (Wildman–Crippen MR) is 63.3 cm³/mol. The second-order valence-corrected chi connectivity index (χ2v) is 4.12. The van der Waals surface area contributed by atoms with Crippen LogP contribution in [0.3, 0.4) is 0 Å². The van der Waals surface area contributed by atoms with Crippen LogP contribution in [0.4, 0.5) is 0 Å². The van der Waals surface area contributed by atoms with Gasteiger partial charge in [-0.2, -0.15) is 0 Å². The zero-order valence-electron chi connectivity index (χ0n) is 7.85. The molecule has 14 heavy (non-hydrogen) atoms. The maximum Gasteiger partial charge on any atom is 0.0598 e. The van der Waals surface area contributed by atoms with Crippen molar-refractivity contribution in [2.24, 2.45) is 0 Å². The molecule has 2 aromatic carbocycles. The van der Waals surface area contributed by atoms with Crippen molar-refractivity contribution in [2.75, 3.05) is 0 Å². The molecule has 0 fully saturated rings. The standard InChI is InChI=1S/C12H10Cl2/c1-2-8-3-4-9-6-11(13)12(14)7-10(9)5-8/h3-7H,2H2,1H3. The van der Waals surface area contributed by atoms with E-state index in [1.54, 1.807) is 0 Å². The predicted octanol–water partition coefficient (Wildman–Crippen LogP) is 4.71. The van der Waals surface area contributed by atoms with Crippen molar-refractivity contribution in [3.63, 3.8) is 0 Å². The Labute approximate surface area is 93.4 Å². The average Bonchev–Trinajstić information content (AvgIpc) is 2.19. The van der Waals surface area contributed by atoms with Crippen molar-refractivity contribution in [3.8, 4) is 0 Å². The van der Waals surface area contributed by atoms with Gasteiger partial charge in [-0.1, -0.05) is 48.3 Å². The number of rotatable bonds is 1. The van der Waals surface area contributed by atoms with Gasteiger partial charge in [-0.05, 0) is 34.9 Å². The number of hydrogen-bond acceptors (Lipinski definition) is 0. The molecule has 0 radical (unpaired) electrons. The van der Waals surface area contributed by atoms with Gasteiger partial charge in [0.05, 0.1) is 10.0 Å². The molecule has 0 aliphatic carbocycles. The molecule has 72 valence electrons. The molecule has 0 atom stereocenters. The van der Waals surface area contributed by atoms with E-state index in [2.05, 4.69) is 25.1 Å². The molecule has 0 amide bonds. The summed E-state index contributed by atoms with van der Waals surface area (Å²) in [5, 5.41) is 3.52. The topological polar surface area (TPSA) is 0 Å². The number of benzene rings is 2. The van der Waals surface area contributed by atoms with E-state index >= 15 is 0 Å². The normalized spacial score (nSPS) is 10.8. The maximum atomic E-state index is 5.95. The third-order valence-electron chi connectivity index (χ3n) is 2.35. The Bertz CT molecular complexity index is 475. The van der Waals surface area contributed by atoms with E-state index in [0.717, 1.165) is 17.2 Å². The largest absolute Gasteiger partial charge is 0.0827 e. The second kappa shape index (κ2) is 3.80. The highest BCUT2D eigenvalue weighted by molar-refractivity contribution is 6.42. The lowest BCUT2D eigenvalue weighted by Gasteiger charge is -2.03. The van der Waals surface area contributed by atoms with Gasteiger partial charge in [-0.3, -0.25) is 0 Å². The summed E-state index contributed by atoms with van der Waals surface area (Å²) in [6.07, 6.45) is 1.04. The van der Waals surface area contributed by atoms with Crippen LogP contribution in [0.1, 0.15) is 12.5 Å². The summed E-state index contributed by atoms with van der Waals surface area (Å²) in [4.78, 5) is 0. The molecule has 0 unspecified atom stereocenters. The summed E-state index contributed by atoms with van der Waals surface area (Å²) < 4.78 is 0. The van der Waals surface area contributed by atoms with Gasteiger partial charge in [0.1, 0.15) is 0 Å². The van der Waals surface area contributed by atoms with Crippen molar-refractivity contribution in [3.05, 3.63) is 45.9 Å². The molecule has 0 saturated heterocycles. The van der Waals surface area contributed by atoms with Gasteiger partial charge in [0, 0.05) is 0 Å². The Balaban J connectivity index is 2.70. The number of halogens is 2. The molecule has 0 aliphatic heterocycles. The van der Waals surface area contributed by atoms with Crippen LogP contribution in [0, 0.1) is 0 Å². The quantitative estimate of drug-likeness (QED) is 0.659.